The number of nitrogens with one attached hydrogen (secondary N) is 2. The molecule has 0 unspecified atom stereocenters. The van der Waals surface area contributed by atoms with Gasteiger partial charge in [0.1, 0.15) is 0 Å². The number of guanidine groups is 1. The molecule has 0 atom stereocenters. The van der Waals surface area contributed by atoms with Crippen molar-refractivity contribution >= 4 is 35.9 Å². The van der Waals surface area contributed by atoms with E-state index in [2.05, 4.69) is 25.3 Å². The fourth-order valence-electron chi connectivity index (χ4n) is 2.12. The number of methoxy groups -OCH3 is 1. The molecule has 1 heterocycles. The van der Waals surface area contributed by atoms with E-state index in [0.29, 0.717) is 13.0 Å². The lowest BCUT2D eigenvalue weighted by Gasteiger charge is -2.26. The highest BCUT2D eigenvalue weighted by Gasteiger charge is 2.09. The minimum Gasteiger partial charge on any atom is -0.469 e. The Bertz CT molecular complexity index is 294. The van der Waals surface area contributed by atoms with Crippen molar-refractivity contribution in [1.82, 2.24) is 15.5 Å². The Hall–Kier alpha value is -0.570. The molecule has 0 saturated carbocycles. The van der Waals surface area contributed by atoms with Gasteiger partial charge >= 0.3 is 5.97 Å². The number of ether oxygens (including phenoxy) is 1. The number of carbonyl (C=O) groups is 1. The number of rotatable bonds is 6. The number of hydrogen-bond donors (Lipinski definition) is 2. The van der Waals surface area contributed by atoms with Crippen molar-refractivity contribution in [3.05, 3.63) is 0 Å². The molecule has 0 spiro atoms. The van der Waals surface area contributed by atoms with Crippen LogP contribution in [0.2, 0.25) is 0 Å². The molecule has 0 aromatic rings. The van der Waals surface area contributed by atoms with E-state index in [1.165, 1.54) is 39.5 Å². The van der Waals surface area contributed by atoms with E-state index in [4.69, 9.17) is 0 Å². The van der Waals surface area contributed by atoms with Crippen LogP contribution in [-0.4, -0.2) is 63.7 Å². The Balaban J connectivity index is 0.00000361. The number of carbonyl (C=O) groups excluding carboxylic acids is 1. The summed E-state index contributed by atoms with van der Waals surface area (Å²) in [7, 11) is 3.13. The van der Waals surface area contributed by atoms with Crippen molar-refractivity contribution in [2.45, 2.75) is 25.7 Å². The molecule has 7 heteroatoms. The molecule has 0 aliphatic carbocycles. The minimum absolute atomic E-state index is 0. The molecular formula is C13H27IN4O2. The molecule has 2 N–H and O–H groups in total. The summed E-state index contributed by atoms with van der Waals surface area (Å²) < 4.78 is 4.58. The molecular weight excluding hydrogens is 371 g/mol. The average molecular weight is 398 g/mol. The van der Waals surface area contributed by atoms with Gasteiger partial charge in [-0.1, -0.05) is 6.42 Å². The molecule has 0 aromatic heterocycles. The van der Waals surface area contributed by atoms with Crippen LogP contribution in [0.25, 0.3) is 0 Å². The first-order chi connectivity index (χ1) is 9.26. The zero-order valence-electron chi connectivity index (χ0n) is 12.5. The average Bonchev–Trinajstić information content (AvgIpc) is 2.46. The smallest absolute Gasteiger partial charge is 0.307 e. The molecule has 0 aromatic carbocycles. The number of hydrogen-bond acceptors (Lipinski definition) is 4. The van der Waals surface area contributed by atoms with Crippen molar-refractivity contribution in [2.75, 3.05) is 46.9 Å². The van der Waals surface area contributed by atoms with Crippen molar-refractivity contribution in [2.24, 2.45) is 4.99 Å². The molecule has 6 nitrogen and oxygen atoms in total. The first-order valence-electron chi connectivity index (χ1n) is 7.00. The molecule has 20 heavy (non-hydrogen) atoms. The van der Waals surface area contributed by atoms with Gasteiger partial charge < -0.3 is 20.3 Å². The number of esters is 1. The maximum atomic E-state index is 11.0. The van der Waals surface area contributed by atoms with Crippen LogP contribution in [0.15, 0.2) is 4.99 Å². The normalized spacial score (nSPS) is 16.2. The SMILES string of the molecule is CN=C(NCCC(=O)OC)NCCN1CCCCC1.I. The van der Waals surface area contributed by atoms with Gasteiger partial charge in [-0.3, -0.25) is 9.79 Å². The van der Waals surface area contributed by atoms with Crippen molar-refractivity contribution < 1.29 is 9.53 Å². The lowest BCUT2D eigenvalue weighted by atomic mass is 10.1. The van der Waals surface area contributed by atoms with Crippen LogP contribution < -0.4 is 10.6 Å². The van der Waals surface area contributed by atoms with Crippen LogP contribution in [0.3, 0.4) is 0 Å². The van der Waals surface area contributed by atoms with E-state index in [9.17, 15) is 4.79 Å². The van der Waals surface area contributed by atoms with Crippen LogP contribution in [-0.2, 0) is 9.53 Å². The zero-order chi connectivity index (χ0) is 13.9. The Morgan fingerprint density at radius 2 is 1.85 bits per heavy atom. The van der Waals surface area contributed by atoms with E-state index >= 15 is 0 Å². The van der Waals surface area contributed by atoms with Gasteiger partial charge in [-0.05, 0) is 25.9 Å². The predicted octanol–water partition coefficient (Wildman–Crippen LogP) is 0.818. The molecule has 118 valence electrons. The third kappa shape index (κ3) is 8.57. The zero-order valence-corrected chi connectivity index (χ0v) is 14.8. The van der Waals surface area contributed by atoms with Gasteiger partial charge in [0.2, 0.25) is 0 Å². The van der Waals surface area contributed by atoms with Gasteiger partial charge in [0.25, 0.3) is 0 Å². The summed E-state index contributed by atoms with van der Waals surface area (Å²) in [6, 6.07) is 0. The molecule has 1 saturated heterocycles. The summed E-state index contributed by atoms with van der Waals surface area (Å²) in [6.45, 7) is 4.86. The fourth-order valence-corrected chi connectivity index (χ4v) is 2.12. The van der Waals surface area contributed by atoms with Gasteiger partial charge in [0, 0.05) is 26.7 Å². The molecule has 1 aliphatic rings. The summed E-state index contributed by atoms with van der Waals surface area (Å²) in [5, 5.41) is 6.35. The van der Waals surface area contributed by atoms with E-state index in [0.717, 1.165) is 19.0 Å². The van der Waals surface area contributed by atoms with Gasteiger partial charge in [-0.25, -0.2) is 0 Å². The van der Waals surface area contributed by atoms with Gasteiger partial charge in [0.15, 0.2) is 5.96 Å². The number of likely N-dealkylation sites (tertiary alicyclic amines) is 1. The number of nitrogens with zero attached hydrogens (tertiary/aromatic N) is 2. The van der Waals surface area contributed by atoms with E-state index in [1.54, 1.807) is 7.05 Å². The van der Waals surface area contributed by atoms with Crippen LogP contribution in [0.4, 0.5) is 0 Å². The Kier molecular flexibility index (Phi) is 11.8. The van der Waals surface area contributed by atoms with Crippen LogP contribution in [0.5, 0.6) is 0 Å². The third-order valence-corrected chi connectivity index (χ3v) is 3.24. The first kappa shape index (κ1) is 19.4. The molecule has 1 aliphatic heterocycles. The van der Waals surface area contributed by atoms with E-state index in [1.807, 2.05) is 0 Å². The lowest BCUT2D eigenvalue weighted by Crippen LogP contribution is -2.43. The highest BCUT2D eigenvalue weighted by atomic mass is 127. The standard InChI is InChI=1S/C13H26N4O2.HI/c1-14-13(15-7-6-12(18)19-2)16-8-11-17-9-4-3-5-10-17;/h3-11H2,1-2H3,(H2,14,15,16);1H. The summed E-state index contributed by atoms with van der Waals surface area (Å²) >= 11 is 0. The van der Waals surface area contributed by atoms with Crippen LogP contribution >= 0.6 is 24.0 Å². The minimum atomic E-state index is -0.212. The third-order valence-electron chi connectivity index (χ3n) is 3.24. The van der Waals surface area contributed by atoms with Crippen molar-refractivity contribution in [3.8, 4) is 0 Å². The largest absolute Gasteiger partial charge is 0.469 e. The van der Waals surface area contributed by atoms with Gasteiger partial charge in [-0.2, -0.15) is 0 Å². The van der Waals surface area contributed by atoms with Crippen molar-refractivity contribution in [3.63, 3.8) is 0 Å². The molecule has 1 rings (SSSR count). The summed E-state index contributed by atoms with van der Waals surface area (Å²) in [5.41, 5.74) is 0. The summed E-state index contributed by atoms with van der Waals surface area (Å²) in [6.07, 6.45) is 4.34. The second-order valence-corrected chi connectivity index (χ2v) is 4.65. The molecule has 0 radical (unpaired) electrons. The highest BCUT2D eigenvalue weighted by Crippen LogP contribution is 2.07. The second kappa shape index (κ2) is 12.2. The second-order valence-electron chi connectivity index (χ2n) is 4.65. The number of piperidine rings is 1. The quantitative estimate of drug-likeness (QED) is 0.300. The lowest BCUT2D eigenvalue weighted by molar-refractivity contribution is -0.140. The van der Waals surface area contributed by atoms with Crippen LogP contribution in [0, 0.1) is 0 Å². The van der Waals surface area contributed by atoms with Gasteiger partial charge in [-0.15, -0.1) is 24.0 Å². The molecule has 0 bridgehead atoms. The van der Waals surface area contributed by atoms with Crippen LogP contribution in [0.1, 0.15) is 25.7 Å². The Morgan fingerprint density at radius 3 is 2.45 bits per heavy atom. The molecule has 1 fully saturated rings. The topological polar surface area (TPSA) is 66.0 Å². The van der Waals surface area contributed by atoms with Crippen molar-refractivity contribution in [1.29, 1.82) is 0 Å². The van der Waals surface area contributed by atoms with Gasteiger partial charge in [0.05, 0.1) is 13.5 Å². The summed E-state index contributed by atoms with van der Waals surface area (Å²) in [4.78, 5) is 17.6. The summed E-state index contributed by atoms with van der Waals surface area (Å²) in [5.74, 6) is 0.525. The number of halogens is 1. The molecule has 0 amide bonds. The fraction of sp³-hybridized carbons (Fsp3) is 0.846. The Labute approximate surface area is 138 Å². The Morgan fingerprint density at radius 1 is 1.20 bits per heavy atom. The number of aliphatic imine (C=N–C) groups is 1. The predicted molar refractivity (Wildman–Crippen MR) is 91.7 cm³/mol. The van der Waals surface area contributed by atoms with E-state index in [-0.39, 0.29) is 29.9 Å². The maximum absolute atomic E-state index is 11.0. The maximum Gasteiger partial charge on any atom is 0.307 e. The monoisotopic (exact) mass is 398 g/mol. The van der Waals surface area contributed by atoms with E-state index < -0.39 is 0 Å². The highest BCUT2D eigenvalue weighted by molar-refractivity contribution is 14.0. The first-order valence-corrected chi connectivity index (χ1v) is 7.00.